The summed E-state index contributed by atoms with van der Waals surface area (Å²) in [5.41, 5.74) is -2.15. The molecule has 1 aliphatic carbocycles. The van der Waals surface area contributed by atoms with Crippen molar-refractivity contribution in [3.05, 3.63) is 0 Å². The lowest BCUT2D eigenvalue weighted by molar-refractivity contribution is -0.155. The van der Waals surface area contributed by atoms with Crippen LogP contribution in [0.5, 0.6) is 0 Å². The predicted molar refractivity (Wildman–Crippen MR) is 81.1 cm³/mol. The minimum atomic E-state index is -0.842. The molecule has 5 heteroatoms. The Hall–Kier alpha value is -1.26. The van der Waals surface area contributed by atoms with Crippen LogP contribution in [0.4, 0.5) is 4.79 Å². The number of carbonyl (C=O) groups excluding carboxylic acids is 1. The van der Waals surface area contributed by atoms with E-state index in [9.17, 15) is 14.7 Å². The van der Waals surface area contributed by atoms with Crippen molar-refractivity contribution in [2.75, 3.05) is 0 Å². The number of ether oxygens (including phenoxy) is 1. The van der Waals surface area contributed by atoms with E-state index in [0.29, 0.717) is 12.8 Å². The van der Waals surface area contributed by atoms with Gasteiger partial charge in [-0.2, -0.15) is 0 Å². The van der Waals surface area contributed by atoms with Crippen molar-refractivity contribution in [1.29, 1.82) is 0 Å². The van der Waals surface area contributed by atoms with Crippen molar-refractivity contribution < 1.29 is 19.4 Å². The summed E-state index contributed by atoms with van der Waals surface area (Å²) in [5.74, 6) is -0.813. The van der Waals surface area contributed by atoms with E-state index in [2.05, 4.69) is 5.32 Å². The first-order valence-electron chi connectivity index (χ1n) is 7.41. The van der Waals surface area contributed by atoms with E-state index < -0.39 is 28.6 Å². The van der Waals surface area contributed by atoms with Crippen molar-refractivity contribution in [2.24, 2.45) is 10.8 Å². The van der Waals surface area contributed by atoms with E-state index in [1.807, 2.05) is 20.8 Å². The zero-order chi connectivity index (χ0) is 16.7. The van der Waals surface area contributed by atoms with Gasteiger partial charge in [-0.05, 0) is 59.3 Å². The van der Waals surface area contributed by atoms with Crippen LogP contribution in [-0.2, 0) is 9.53 Å². The van der Waals surface area contributed by atoms with E-state index in [-0.39, 0.29) is 5.41 Å². The Labute approximate surface area is 127 Å². The van der Waals surface area contributed by atoms with Gasteiger partial charge in [-0.1, -0.05) is 13.8 Å². The number of carboxylic acid groups (broad SMARTS) is 1. The Kier molecular flexibility index (Phi) is 4.39. The summed E-state index contributed by atoms with van der Waals surface area (Å²) in [4.78, 5) is 23.7. The van der Waals surface area contributed by atoms with Crippen LogP contribution in [0.15, 0.2) is 0 Å². The van der Waals surface area contributed by atoms with Gasteiger partial charge >= 0.3 is 12.1 Å². The first kappa shape index (κ1) is 17.8. The molecule has 1 saturated carbocycles. The summed E-state index contributed by atoms with van der Waals surface area (Å²) in [6.45, 7) is 13.2. The maximum absolute atomic E-state index is 12.0. The number of rotatable bonds is 2. The van der Waals surface area contributed by atoms with Gasteiger partial charge in [0.15, 0.2) is 0 Å². The molecule has 0 aromatic carbocycles. The Bertz CT molecular complexity index is 438. The lowest BCUT2D eigenvalue weighted by Gasteiger charge is -2.50. The summed E-state index contributed by atoms with van der Waals surface area (Å²) >= 11 is 0. The molecule has 0 unspecified atom stereocenters. The molecule has 122 valence electrons. The van der Waals surface area contributed by atoms with Gasteiger partial charge in [-0.3, -0.25) is 4.79 Å². The van der Waals surface area contributed by atoms with Crippen LogP contribution >= 0.6 is 0 Å². The number of nitrogens with one attached hydrogen (secondary N) is 1. The fourth-order valence-electron chi connectivity index (χ4n) is 3.95. The van der Waals surface area contributed by atoms with Gasteiger partial charge in [0.25, 0.3) is 0 Å². The fraction of sp³-hybridized carbons (Fsp3) is 0.875. The number of aliphatic carboxylic acids is 1. The minimum Gasteiger partial charge on any atom is -0.481 e. The number of hydrogen-bond acceptors (Lipinski definition) is 3. The third kappa shape index (κ3) is 4.90. The summed E-state index contributed by atoms with van der Waals surface area (Å²) in [6, 6.07) is 0. The van der Waals surface area contributed by atoms with Gasteiger partial charge in [0.1, 0.15) is 5.60 Å². The van der Waals surface area contributed by atoms with Crippen LogP contribution in [-0.4, -0.2) is 28.3 Å². The molecule has 21 heavy (non-hydrogen) atoms. The van der Waals surface area contributed by atoms with E-state index in [4.69, 9.17) is 4.74 Å². The molecule has 1 fully saturated rings. The average molecular weight is 299 g/mol. The number of hydrogen-bond donors (Lipinski definition) is 2. The highest BCUT2D eigenvalue weighted by atomic mass is 16.6. The van der Waals surface area contributed by atoms with E-state index in [0.717, 1.165) is 6.42 Å². The van der Waals surface area contributed by atoms with Gasteiger partial charge in [0.05, 0.1) is 5.41 Å². The Morgan fingerprint density at radius 3 is 2.00 bits per heavy atom. The minimum absolute atomic E-state index is 0.158. The van der Waals surface area contributed by atoms with Crippen molar-refractivity contribution in [1.82, 2.24) is 5.32 Å². The monoisotopic (exact) mass is 299 g/mol. The summed E-state index contributed by atoms with van der Waals surface area (Å²) < 4.78 is 5.30. The quantitative estimate of drug-likeness (QED) is 0.817. The molecule has 0 radical (unpaired) electrons. The molecule has 1 aliphatic rings. The highest BCUT2D eigenvalue weighted by molar-refractivity contribution is 5.75. The van der Waals surface area contributed by atoms with Gasteiger partial charge in [0, 0.05) is 5.54 Å². The van der Waals surface area contributed by atoms with Crippen molar-refractivity contribution >= 4 is 12.1 Å². The second kappa shape index (κ2) is 5.18. The van der Waals surface area contributed by atoms with Crippen LogP contribution in [0.2, 0.25) is 0 Å². The summed E-state index contributed by atoms with van der Waals surface area (Å²) in [5, 5.41) is 12.4. The summed E-state index contributed by atoms with van der Waals surface area (Å²) in [6.07, 6.45) is 1.23. The zero-order valence-electron chi connectivity index (χ0n) is 14.3. The SMILES string of the molecule is CC1(C)C[C@@](C)(NC(=O)OC(C)(C)C)C[C@](C)(C(=O)O)C1. The van der Waals surface area contributed by atoms with Gasteiger partial charge < -0.3 is 15.2 Å². The van der Waals surface area contributed by atoms with Gasteiger partial charge in [0.2, 0.25) is 0 Å². The van der Waals surface area contributed by atoms with Crippen LogP contribution in [0, 0.1) is 10.8 Å². The zero-order valence-corrected chi connectivity index (χ0v) is 14.3. The van der Waals surface area contributed by atoms with E-state index in [1.165, 1.54) is 0 Å². The predicted octanol–water partition coefficient (Wildman–Crippen LogP) is 3.57. The molecule has 0 saturated heterocycles. The molecule has 0 bridgehead atoms. The Balaban J connectivity index is 2.93. The standard InChI is InChI=1S/C16H29NO4/c1-13(2,3)21-12(20)17-16(7)9-14(4,5)8-15(6,10-16)11(18)19/h8-10H2,1-7H3,(H,17,20)(H,18,19)/t15-,16-/m1/s1. The smallest absolute Gasteiger partial charge is 0.408 e. The molecule has 2 atom stereocenters. The lowest BCUT2D eigenvalue weighted by atomic mass is 9.58. The van der Waals surface area contributed by atoms with Gasteiger partial charge in [-0.25, -0.2) is 4.79 Å². The van der Waals surface area contributed by atoms with E-state index >= 15 is 0 Å². The highest BCUT2D eigenvalue weighted by Gasteiger charge is 2.51. The molecule has 5 nitrogen and oxygen atoms in total. The molecule has 0 aliphatic heterocycles. The highest BCUT2D eigenvalue weighted by Crippen LogP contribution is 2.50. The molecule has 1 amide bonds. The topological polar surface area (TPSA) is 75.6 Å². The van der Waals surface area contributed by atoms with Crippen LogP contribution in [0.25, 0.3) is 0 Å². The van der Waals surface area contributed by atoms with Crippen molar-refractivity contribution in [3.63, 3.8) is 0 Å². The van der Waals surface area contributed by atoms with Crippen LogP contribution in [0.1, 0.15) is 67.7 Å². The van der Waals surface area contributed by atoms with Crippen molar-refractivity contribution in [2.45, 2.75) is 78.9 Å². The first-order chi connectivity index (χ1) is 9.17. The second-order valence-electron chi connectivity index (χ2n) is 8.75. The number of carboxylic acids is 1. The Morgan fingerprint density at radius 1 is 1.05 bits per heavy atom. The lowest BCUT2D eigenvalue weighted by Crippen LogP contribution is -2.57. The third-order valence-electron chi connectivity index (χ3n) is 3.84. The fourth-order valence-corrected chi connectivity index (χ4v) is 3.95. The molecule has 2 N–H and O–H groups in total. The summed E-state index contributed by atoms with van der Waals surface area (Å²) in [7, 11) is 0. The molecule has 0 aromatic rings. The average Bonchev–Trinajstić information content (AvgIpc) is 2.07. The molecule has 0 heterocycles. The van der Waals surface area contributed by atoms with Crippen molar-refractivity contribution in [3.8, 4) is 0 Å². The van der Waals surface area contributed by atoms with Gasteiger partial charge in [-0.15, -0.1) is 0 Å². The maximum atomic E-state index is 12.0. The molecular formula is C16H29NO4. The third-order valence-corrected chi connectivity index (χ3v) is 3.84. The number of carbonyl (C=O) groups is 2. The maximum Gasteiger partial charge on any atom is 0.408 e. The number of amides is 1. The van der Waals surface area contributed by atoms with Crippen LogP contribution in [0.3, 0.4) is 0 Å². The molecular weight excluding hydrogens is 270 g/mol. The largest absolute Gasteiger partial charge is 0.481 e. The molecule has 1 rings (SSSR count). The number of alkyl carbamates (subject to hydrolysis) is 1. The normalized spacial score (nSPS) is 32.3. The first-order valence-corrected chi connectivity index (χ1v) is 7.41. The van der Waals surface area contributed by atoms with E-state index in [1.54, 1.807) is 27.7 Å². The molecule has 0 aromatic heterocycles. The second-order valence-corrected chi connectivity index (χ2v) is 8.75. The Morgan fingerprint density at radius 2 is 1.57 bits per heavy atom. The van der Waals surface area contributed by atoms with Crippen LogP contribution < -0.4 is 5.32 Å². The molecule has 0 spiro atoms.